The third-order valence-electron chi connectivity index (χ3n) is 6.30. The number of rotatable bonds is 12. The van der Waals surface area contributed by atoms with Gasteiger partial charge in [0.25, 0.3) is 0 Å². The molecule has 0 saturated carbocycles. The van der Waals surface area contributed by atoms with Gasteiger partial charge in [-0.3, -0.25) is 13.9 Å². The monoisotopic (exact) mass is 589 g/mol. The number of hydrogen-bond donors (Lipinski definition) is 1. The summed E-state index contributed by atoms with van der Waals surface area (Å²) in [6.45, 7) is 3.88. The molecule has 10 heteroatoms. The summed E-state index contributed by atoms with van der Waals surface area (Å²) in [6, 6.07) is 20.7. The molecule has 0 aliphatic rings. The molecule has 1 N–H and O–H groups in total. The fourth-order valence-corrected chi connectivity index (χ4v) is 5.47. The Balaban J connectivity index is 2.08. The minimum Gasteiger partial charge on any atom is -0.354 e. The van der Waals surface area contributed by atoms with Gasteiger partial charge < -0.3 is 10.2 Å². The van der Waals surface area contributed by atoms with Gasteiger partial charge in [-0.15, -0.1) is 0 Å². The van der Waals surface area contributed by atoms with Crippen molar-refractivity contribution in [3.63, 3.8) is 0 Å². The van der Waals surface area contributed by atoms with Gasteiger partial charge in [0, 0.05) is 19.5 Å². The minimum absolute atomic E-state index is 0.0179. The number of carbonyl (C=O) groups excluding carboxylic acids is 2. The summed E-state index contributed by atoms with van der Waals surface area (Å²) in [7, 11) is -3.94. The molecule has 208 valence electrons. The van der Waals surface area contributed by atoms with Crippen LogP contribution in [0.2, 0.25) is 10.0 Å². The molecule has 3 aromatic rings. The topological polar surface area (TPSA) is 86.8 Å². The molecule has 0 aromatic heterocycles. The molecule has 2 amide bonds. The van der Waals surface area contributed by atoms with Crippen molar-refractivity contribution < 1.29 is 18.0 Å². The molecule has 0 bridgehead atoms. The average Bonchev–Trinajstić information content (AvgIpc) is 2.90. The molecule has 0 fully saturated rings. The Morgan fingerprint density at radius 1 is 0.949 bits per heavy atom. The van der Waals surface area contributed by atoms with Gasteiger partial charge in [0.1, 0.15) is 12.6 Å². The first-order chi connectivity index (χ1) is 18.5. The number of nitrogens with one attached hydrogen (secondary N) is 1. The van der Waals surface area contributed by atoms with Crippen LogP contribution in [0.5, 0.6) is 0 Å². The predicted octanol–water partition coefficient (Wildman–Crippen LogP) is 5.23. The first-order valence-corrected chi connectivity index (χ1v) is 15.2. The number of hydrogen-bond acceptors (Lipinski definition) is 4. The number of halogens is 2. The van der Waals surface area contributed by atoms with Gasteiger partial charge in [0.2, 0.25) is 21.8 Å². The third kappa shape index (κ3) is 8.21. The maximum atomic E-state index is 14.1. The normalized spacial score (nSPS) is 12.0. The van der Waals surface area contributed by atoms with E-state index in [1.54, 1.807) is 6.07 Å². The fraction of sp³-hybridized carbons (Fsp3) is 0.310. The van der Waals surface area contributed by atoms with Crippen LogP contribution < -0.4 is 9.62 Å². The van der Waals surface area contributed by atoms with Crippen LogP contribution in [0.4, 0.5) is 5.69 Å². The number of anilines is 1. The molecule has 0 saturated heterocycles. The highest BCUT2D eigenvalue weighted by Crippen LogP contribution is 2.34. The molecule has 0 aliphatic heterocycles. The maximum Gasteiger partial charge on any atom is 0.244 e. The van der Waals surface area contributed by atoms with Crippen LogP contribution in [0.3, 0.4) is 0 Å². The van der Waals surface area contributed by atoms with E-state index >= 15 is 0 Å². The lowest BCUT2D eigenvalue weighted by Crippen LogP contribution is -2.53. The standard InChI is InChI=1S/C29H33Cl2N3O4S/c1-4-17-32-29(36)26(18-22-12-6-5-7-13-22)33(19-23-14-9-8-11-21(23)2)27(35)20-34(39(3,37)38)25-16-10-15-24(30)28(25)31/h5-16,26H,4,17-20H2,1-3H3,(H,32,36). The minimum atomic E-state index is -3.94. The van der Waals surface area contributed by atoms with Crippen LogP contribution in [0.15, 0.2) is 72.8 Å². The lowest BCUT2D eigenvalue weighted by molar-refractivity contribution is -0.140. The van der Waals surface area contributed by atoms with Crippen molar-refractivity contribution >= 4 is 50.7 Å². The van der Waals surface area contributed by atoms with Crippen LogP contribution in [-0.2, 0) is 32.6 Å². The maximum absolute atomic E-state index is 14.1. The molecule has 3 rings (SSSR count). The molecule has 0 radical (unpaired) electrons. The Bertz CT molecular complexity index is 1400. The zero-order chi connectivity index (χ0) is 28.6. The smallest absolute Gasteiger partial charge is 0.244 e. The van der Waals surface area contributed by atoms with Gasteiger partial charge in [-0.1, -0.05) is 90.8 Å². The van der Waals surface area contributed by atoms with E-state index < -0.39 is 28.5 Å². The highest BCUT2D eigenvalue weighted by molar-refractivity contribution is 7.92. The van der Waals surface area contributed by atoms with Gasteiger partial charge in [-0.2, -0.15) is 0 Å². The molecule has 0 spiro atoms. The van der Waals surface area contributed by atoms with Crippen LogP contribution in [-0.4, -0.2) is 50.5 Å². The van der Waals surface area contributed by atoms with E-state index in [1.165, 1.54) is 17.0 Å². The second kappa shape index (κ2) is 13.8. The van der Waals surface area contributed by atoms with E-state index in [0.717, 1.165) is 33.7 Å². The molecule has 0 aliphatic carbocycles. The largest absolute Gasteiger partial charge is 0.354 e. The fourth-order valence-electron chi connectivity index (χ4n) is 4.17. The first kappa shape index (κ1) is 30.5. The van der Waals surface area contributed by atoms with E-state index in [2.05, 4.69) is 5.32 Å². The van der Waals surface area contributed by atoms with Crippen molar-refractivity contribution in [2.75, 3.05) is 23.7 Å². The zero-order valence-electron chi connectivity index (χ0n) is 22.2. The first-order valence-electron chi connectivity index (χ1n) is 12.6. The summed E-state index contributed by atoms with van der Waals surface area (Å²) in [6.07, 6.45) is 1.98. The Hall–Kier alpha value is -3.07. The van der Waals surface area contributed by atoms with Gasteiger partial charge in [-0.05, 0) is 42.2 Å². The van der Waals surface area contributed by atoms with Gasteiger partial charge in [0.05, 0.1) is 22.0 Å². The van der Waals surface area contributed by atoms with E-state index in [4.69, 9.17) is 23.2 Å². The number of nitrogens with zero attached hydrogens (tertiary/aromatic N) is 2. The van der Waals surface area contributed by atoms with Crippen molar-refractivity contribution in [2.45, 2.75) is 39.3 Å². The van der Waals surface area contributed by atoms with Crippen LogP contribution in [0.25, 0.3) is 0 Å². The van der Waals surface area contributed by atoms with E-state index in [1.807, 2.05) is 68.4 Å². The second-order valence-corrected chi connectivity index (χ2v) is 12.0. The molecule has 0 heterocycles. The third-order valence-corrected chi connectivity index (χ3v) is 8.24. The zero-order valence-corrected chi connectivity index (χ0v) is 24.6. The predicted molar refractivity (Wildman–Crippen MR) is 158 cm³/mol. The SMILES string of the molecule is CCCNC(=O)C(Cc1ccccc1)N(Cc1ccccc1C)C(=O)CN(c1cccc(Cl)c1Cl)S(C)(=O)=O. The number of carbonyl (C=O) groups is 2. The van der Waals surface area contributed by atoms with E-state index in [9.17, 15) is 18.0 Å². The van der Waals surface area contributed by atoms with Crippen molar-refractivity contribution in [3.05, 3.63) is 99.5 Å². The van der Waals surface area contributed by atoms with Crippen LogP contribution in [0, 0.1) is 6.92 Å². The van der Waals surface area contributed by atoms with Crippen molar-refractivity contribution in [2.24, 2.45) is 0 Å². The number of aryl methyl sites for hydroxylation is 1. The summed E-state index contributed by atoms with van der Waals surface area (Å²) in [5.41, 5.74) is 2.75. The van der Waals surface area contributed by atoms with Crippen LogP contribution in [0.1, 0.15) is 30.0 Å². The Labute approximate surface area is 240 Å². The summed E-state index contributed by atoms with van der Waals surface area (Å²) < 4.78 is 26.7. The van der Waals surface area contributed by atoms with E-state index in [-0.39, 0.29) is 34.6 Å². The molecule has 1 atom stereocenters. The average molecular weight is 591 g/mol. The van der Waals surface area contributed by atoms with E-state index in [0.29, 0.717) is 6.54 Å². The highest BCUT2D eigenvalue weighted by Gasteiger charge is 2.33. The van der Waals surface area contributed by atoms with Crippen molar-refractivity contribution in [1.82, 2.24) is 10.2 Å². The second-order valence-electron chi connectivity index (χ2n) is 9.29. The lowest BCUT2D eigenvalue weighted by atomic mass is 10.0. The Morgan fingerprint density at radius 2 is 1.62 bits per heavy atom. The van der Waals surface area contributed by atoms with Gasteiger partial charge in [0.15, 0.2) is 0 Å². The van der Waals surface area contributed by atoms with Gasteiger partial charge >= 0.3 is 0 Å². The Morgan fingerprint density at radius 3 is 2.26 bits per heavy atom. The van der Waals surface area contributed by atoms with Crippen molar-refractivity contribution in [1.29, 1.82) is 0 Å². The number of benzene rings is 3. The van der Waals surface area contributed by atoms with Gasteiger partial charge in [-0.25, -0.2) is 8.42 Å². The summed E-state index contributed by atoms with van der Waals surface area (Å²) >= 11 is 12.5. The molecule has 39 heavy (non-hydrogen) atoms. The Kier molecular flexibility index (Phi) is 10.8. The quantitative estimate of drug-likeness (QED) is 0.313. The molecule has 3 aromatic carbocycles. The summed E-state index contributed by atoms with van der Waals surface area (Å²) in [4.78, 5) is 29.0. The number of sulfonamides is 1. The lowest BCUT2D eigenvalue weighted by Gasteiger charge is -2.34. The molecule has 1 unspecified atom stereocenters. The number of amides is 2. The molecular weight excluding hydrogens is 557 g/mol. The molecule has 7 nitrogen and oxygen atoms in total. The van der Waals surface area contributed by atoms with Crippen molar-refractivity contribution in [3.8, 4) is 0 Å². The highest BCUT2D eigenvalue weighted by atomic mass is 35.5. The summed E-state index contributed by atoms with van der Waals surface area (Å²) in [5, 5.41) is 3.10. The van der Waals surface area contributed by atoms with Crippen LogP contribution >= 0.6 is 23.2 Å². The molecular formula is C29H33Cl2N3O4S. The summed E-state index contributed by atoms with van der Waals surface area (Å²) in [5.74, 6) is -0.860.